The molecule has 62 valence electrons. The standard InChI is InChI=1S/C8H9BrF2/c1-4-7(11)8(5(2)9)6(3)10/h4-5H,1,3H2,2H3/b8-7+. The van der Waals surface area contributed by atoms with Crippen LogP contribution in [-0.2, 0) is 0 Å². The van der Waals surface area contributed by atoms with Crippen LogP contribution in [0.3, 0.4) is 0 Å². The summed E-state index contributed by atoms with van der Waals surface area (Å²) >= 11 is 3.04. The first-order chi connectivity index (χ1) is 5.00. The molecule has 0 nitrogen and oxygen atoms in total. The normalized spacial score (nSPS) is 15.3. The fraction of sp³-hybridized carbons (Fsp3) is 0.250. The lowest BCUT2D eigenvalue weighted by atomic mass is 10.1. The molecule has 0 saturated heterocycles. The minimum atomic E-state index is -0.772. The van der Waals surface area contributed by atoms with Crippen LogP contribution >= 0.6 is 15.9 Å². The van der Waals surface area contributed by atoms with Gasteiger partial charge in [0.1, 0.15) is 11.7 Å². The summed E-state index contributed by atoms with van der Waals surface area (Å²) in [6, 6.07) is 0. The SMILES string of the molecule is C=C/C(F)=C(\C(=C)F)C(C)Br. The maximum Gasteiger partial charge on any atom is 0.129 e. The number of hydrogen-bond acceptors (Lipinski definition) is 0. The molecule has 0 heterocycles. The summed E-state index contributed by atoms with van der Waals surface area (Å²) in [6.45, 7) is 7.80. The molecule has 0 radical (unpaired) electrons. The Morgan fingerprint density at radius 2 is 2.00 bits per heavy atom. The van der Waals surface area contributed by atoms with Crippen LogP contribution in [-0.4, -0.2) is 4.83 Å². The molecule has 0 fully saturated rings. The van der Waals surface area contributed by atoms with Crippen molar-refractivity contribution in [3.8, 4) is 0 Å². The smallest absolute Gasteiger partial charge is 0.129 e. The average molecular weight is 223 g/mol. The molecule has 0 aliphatic heterocycles. The third-order valence-electron chi connectivity index (χ3n) is 1.13. The number of halogens is 3. The molecule has 0 aliphatic rings. The van der Waals surface area contributed by atoms with Gasteiger partial charge < -0.3 is 0 Å². The Bertz CT molecular complexity index is 204. The zero-order valence-electron chi connectivity index (χ0n) is 6.20. The molecule has 0 spiro atoms. The van der Waals surface area contributed by atoms with Crippen LogP contribution in [0.25, 0.3) is 0 Å². The first kappa shape index (κ1) is 10.6. The molecule has 0 aromatic carbocycles. The Morgan fingerprint density at radius 3 is 2.09 bits per heavy atom. The van der Waals surface area contributed by atoms with Crippen LogP contribution in [0.2, 0.25) is 0 Å². The van der Waals surface area contributed by atoms with E-state index in [1.807, 2.05) is 0 Å². The predicted molar refractivity (Wildman–Crippen MR) is 47.0 cm³/mol. The van der Waals surface area contributed by atoms with Crippen LogP contribution in [0.4, 0.5) is 8.78 Å². The van der Waals surface area contributed by atoms with Crippen molar-refractivity contribution in [1.29, 1.82) is 0 Å². The van der Waals surface area contributed by atoms with Gasteiger partial charge in [0.25, 0.3) is 0 Å². The van der Waals surface area contributed by atoms with E-state index in [4.69, 9.17) is 0 Å². The summed E-state index contributed by atoms with van der Waals surface area (Å²) in [5.41, 5.74) is -0.0833. The van der Waals surface area contributed by atoms with Crippen molar-refractivity contribution in [3.05, 3.63) is 36.5 Å². The Labute approximate surface area is 73.4 Å². The number of alkyl halides is 1. The minimum absolute atomic E-state index is 0.0833. The van der Waals surface area contributed by atoms with Crippen LogP contribution in [0, 0.1) is 0 Å². The summed E-state index contributed by atoms with van der Waals surface area (Å²) in [5, 5.41) is 0. The van der Waals surface area contributed by atoms with E-state index >= 15 is 0 Å². The van der Waals surface area contributed by atoms with Gasteiger partial charge in [0.2, 0.25) is 0 Å². The zero-order chi connectivity index (χ0) is 9.02. The second-order valence-corrected chi connectivity index (χ2v) is 3.36. The largest absolute Gasteiger partial charge is 0.207 e. The summed E-state index contributed by atoms with van der Waals surface area (Å²) in [5.74, 6) is -1.45. The first-order valence-corrected chi connectivity index (χ1v) is 3.93. The van der Waals surface area contributed by atoms with Gasteiger partial charge in [0.15, 0.2) is 0 Å². The third-order valence-corrected chi connectivity index (χ3v) is 1.58. The number of allylic oxidation sites excluding steroid dienone is 4. The monoisotopic (exact) mass is 222 g/mol. The van der Waals surface area contributed by atoms with E-state index in [9.17, 15) is 8.78 Å². The van der Waals surface area contributed by atoms with E-state index in [1.54, 1.807) is 6.92 Å². The molecule has 1 atom stereocenters. The highest BCUT2D eigenvalue weighted by atomic mass is 79.9. The van der Waals surface area contributed by atoms with Gasteiger partial charge in [-0.15, -0.1) is 0 Å². The Morgan fingerprint density at radius 1 is 1.55 bits per heavy atom. The first-order valence-electron chi connectivity index (χ1n) is 3.01. The van der Waals surface area contributed by atoms with E-state index in [-0.39, 0.29) is 5.57 Å². The van der Waals surface area contributed by atoms with Crippen molar-refractivity contribution in [2.75, 3.05) is 0 Å². The molecule has 3 heteroatoms. The van der Waals surface area contributed by atoms with E-state index in [2.05, 4.69) is 29.1 Å². The topological polar surface area (TPSA) is 0 Å². The molecular formula is C8H9BrF2. The van der Waals surface area contributed by atoms with Crippen molar-refractivity contribution < 1.29 is 8.78 Å². The van der Waals surface area contributed by atoms with E-state index in [0.29, 0.717) is 0 Å². The van der Waals surface area contributed by atoms with Gasteiger partial charge in [-0.3, -0.25) is 0 Å². The van der Waals surface area contributed by atoms with Gasteiger partial charge in [0, 0.05) is 10.4 Å². The van der Waals surface area contributed by atoms with Crippen molar-refractivity contribution in [2.45, 2.75) is 11.8 Å². The van der Waals surface area contributed by atoms with E-state index in [0.717, 1.165) is 6.08 Å². The number of hydrogen-bond donors (Lipinski definition) is 0. The molecule has 0 bridgehead atoms. The molecular weight excluding hydrogens is 214 g/mol. The Balaban J connectivity index is 4.87. The second-order valence-electron chi connectivity index (χ2n) is 1.99. The summed E-state index contributed by atoms with van der Waals surface area (Å²) in [4.78, 5) is -0.391. The Kier molecular flexibility index (Phi) is 4.26. The van der Waals surface area contributed by atoms with Gasteiger partial charge in [0.05, 0.1) is 0 Å². The number of rotatable bonds is 3. The van der Waals surface area contributed by atoms with Gasteiger partial charge in [-0.25, -0.2) is 8.78 Å². The highest BCUT2D eigenvalue weighted by Crippen LogP contribution is 2.24. The predicted octanol–water partition coefficient (Wildman–Crippen LogP) is 3.66. The summed E-state index contributed by atoms with van der Waals surface area (Å²) in [7, 11) is 0. The molecule has 0 aromatic heterocycles. The minimum Gasteiger partial charge on any atom is -0.207 e. The molecule has 0 aliphatic carbocycles. The fourth-order valence-corrected chi connectivity index (χ4v) is 1.11. The van der Waals surface area contributed by atoms with E-state index < -0.39 is 16.5 Å². The van der Waals surface area contributed by atoms with Crippen molar-refractivity contribution in [2.24, 2.45) is 0 Å². The molecule has 11 heavy (non-hydrogen) atoms. The van der Waals surface area contributed by atoms with Crippen LogP contribution < -0.4 is 0 Å². The van der Waals surface area contributed by atoms with Crippen LogP contribution in [0.15, 0.2) is 36.5 Å². The second kappa shape index (κ2) is 4.44. The molecule has 0 amide bonds. The highest BCUT2D eigenvalue weighted by molar-refractivity contribution is 9.09. The third kappa shape index (κ3) is 2.97. The van der Waals surface area contributed by atoms with Crippen LogP contribution in [0.1, 0.15) is 6.92 Å². The fourth-order valence-electron chi connectivity index (χ4n) is 0.645. The lowest BCUT2D eigenvalue weighted by Crippen LogP contribution is -1.98. The van der Waals surface area contributed by atoms with Crippen LogP contribution in [0.5, 0.6) is 0 Å². The quantitative estimate of drug-likeness (QED) is 0.505. The lowest BCUT2D eigenvalue weighted by Gasteiger charge is -2.06. The highest BCUT2D eigenvalue weighted by Gasteiger charge is 2.13. The van der Waals surface area contributed by atoms with Crippen molar-refractivity contribution in [3.63, 3.8) is 0 Å². The van der Waals surface area contributed by atoms with Gasteiger partial charge in [-0.2, -0.15) is 0 Å². The van der Waals surface area contributed by atoms with Gasteiger partial charge in [-0.1, -0.05) is 29.1 Å². The van der Waals surface area contributed by atoms with Crippen molar-refractivity contribution in [1.82, 2.24) is 0 Å². The molecule has 0 N–H and O–H groups in total. The maximum atomic E-state index is 12.7. The Hall–Kier alpha value is -0.440. The van der Waals surface area contributed by atoms with Gasteiger partial charge >= 0.3 is 0 Å². The van der Waals surface area contributed by atoms with E-state index in [1.165, 1.54) is 0 Å². The maximum absolute atomic E-state index is 12.7. The molecule has 0 rings (SSSR count). The lowest BCUT2D eigenvalue weighted by molar-refractivity contribution is 0.606. The van der Waals surface area contributed by atoms with Gasteiger partial charge in [-0.05, 0) is 13.0 Å². The van der Waals surface area contributed by atoms with Crippen molar-refractivity contribution >= 4 is 15.9 Å². The molecule has 0 aromatic rings. The molecule has 1 unspecified atom stereocenters. The zero-order valence-corrected chi connectivity index (χ0v) is 7.79. The molecule has 0 saturated carbocycles. The average Bonchev–Trinajstić information content (AvgIpc) is 1.85. The summed E-state index contributed by atoms with van der Waals surface area (Å²) in [6.07, 6.45) is 0.956. The summed E-state index contributed by atoms with van der Waals surface area (Å²) < 4.78 is 25.2.